The molecule has 0 unspecified atom stereocenters. The molecule has 1 N–H and O–H groups in total. The van der Waals surface area contributed by atoms with E-state index < -0.39 is 0 Å². The van der Waals surface area contributed by atoms with Crippen LogP contribution in [0.25, 0.3) is 0 Å². The monoisotopic (exact) mass is 289 g/mol. The number of rotatable bonds is 8. The fourth-order valence-electron chi connectivity index (χ4n) is 3.05. The summed E-state index contributed by atoms with van der Waals surface area (Å²) in [6.45, 7) is 9.38. The van der Waals surface area contributed by atoms with Crippen molar-refractivity contribution in [2.45, 2.75) is 32.6 Å². The lowest BCUT2D eigenvalue weighted by molar-refractivity contribution is 0.252. The van der Waals surface area contributed by atoms with E-state index in [0.717, 1.165) is 6.54 Å². The van der Waals surface area contributed by atoms with Crippen molar-refractivity contribution in [2.24, 2.45) is 0 Å². The number of unbranched alkanes of at least 4 members (excludes halogenated alkanes) is 3. The summed E-state index contributed by atoms with van der Waals surface area (Å²) in [7, 11) is 2.04. The zero-order valence-corrected chi connectivity index (χ0v) is 13.8. The van der Waals surface area contributed by atoms with Gasteiger partial charge in [-0.1, -0.05) is 25.0 Å². The third-order valence-electron chi connectivity index (χ3n) is 4.39. The highest BCUT2D eigenvalue weighted by Gasteiger charge is 2.16. The van der Waals surface area contributed by atoms with Crippen LogP contribution in [0.3, 0.4) is 0 Å². The first kappa shape index (κ1) is 16.3. The molecular formula is C18H31N3. The largest absolute Gasteiger partial charge is 0.369 e. The molecule has 21 heavy (non-hydrogen) atoms. The van der Waals surface area contributed by atoms with Crippen molar-refractivity contribution in [3.05, 3.63) is 29.8 Å². The Morgan fingerprint density at radius 3 is 2.48 bits per heavy atom. The minimum Gasteiger partial charge on any atom is -0.369 e. The second-order valence-electron chi connectivity index (χ2n) is 6.19. The quantitative estimate of drug-likeness (QED) is 0.742. The number of hydrogen-bond acceptors (Lipinski definition) is 3. The lowest BCUT2D eigenvalue weighted by atomic mass is 10.1. The Hall–Kier alpha value is -1.06. The molecule has 3 nitrogen and oxygen atoms in total. The van der Waals surface area contributed by atoms with Crippen LogP contribution in [0.1, 0.15) is 31.2 Å². The summed E-state index contributed by atoms with van der Waals surface area (Å²) in [4.78, 5) is 5.15. The van der Waals surface area contributed by atoms with Crippen molar-refractivity contribution >= 4 is 5.69 Å². The molecule has 0 spiro atoms. The predicted molar refractivity (Wildman–Crippen MR) is 92.2 cm³/mol. The lowest BCUT2D eigenvalue weighted by Gasteiger charge is -2.36. The number of hydrogen-bond donors (Lipinski definition) is 1. The van der Waals surface area contributed by atoms with E-state index in [9.17, 15) is 0 Å². The van der Waals surface area contributed by atoms with Gasteiger partial charge in [-0.25, -0.2) is 0 Å². The van der Waals surface area contributed by atoms with E-state index in [-0.39, 0.29) is 0 Å². The van der Waals surface area contributed by atoms with Gasteiger partial charge in [0.2, 0.25) is 0 Å². The molecule has 0 aromatic heterocycles. The van der Waals surface area contributed by atoms with Crippen LogP contribution in [0.15, 0.2) is 24.3 Å². The molecule has 0 amide bonds. The highest BCUT2D eigenvalue weighted by atomic mass is 15.3. The van der Waals surface area contributed by atoms with Crippen LogP contribution >= 0.6 is 0 Å². The molecule has 1 saturated heterocycles. The van der Waals surface area contributed by atoms with Gasteiger partial charge in [0.05, 0.1) is 0 Å². The van der Waals surface area contributed by atoms with Gasteiger partial charge in [0.25, 0.3) is 0 Å². The smallest absolute Gasteiger partial charge is 0.0369 e. The molecule has 0 atom stereocenters. The number of aryl methyl sites for hydroxylation is 1. The Kier molecular flexibility index (Phi) is 7.04. The topological polar surface area (TPSA) is 18.5 Å². The average molecular weight is 289 g/mol. The molecule has 1 aromatic carbocycles. The van der Waals surface area contributed by atoms with Gasteiger partial charge in [-0.15, -0.1) is 0 Å². The summed E-state index contributed by atoms with van der Waals surface area (Å²) < 4.78 is 0. The summed E-state index contributed by atoms with van der Waals surface area (Å²) >= 11 is 0. The van der Waals surface area contributed by atoms with Crippen molar-refractivity contribution in [3.8, 4) is 0 Å². The van der Waals surface area contributed by atoms with E-state index in [1.807, 2.05) is 7.05 Å². The molecular weight excluding hydrogens is 258 g/mol. The maximum Gasteiger partial charge on any atom is 0.0369 e. The van der Waals surface area contributed by atoms with E-state index in [1.165, 1.54) is 69.7 Å². The van der Waals surface area contributed by atoms with Crippen LogP contribution in [0.5, 0.6) is 0 Å². The predicted octanol–water partition coefficient (Wildman–Crippen LogP) is 2.90. The van der Waals surface area contributed by atoms with Crippen molar-refractivity contribution in [1.29, 1.82) is 0 Å². The number of nitrogens with zero attached hydrogens (tertiary/aromatic N) is 2. The molecule has 0 saturated carbocycles. The lowest BCUT2D eigenvalue weighted by Crippen LogP contribution is -2.46. The Morgan fingerprint density at radius 2 is 1.76 bits per heavy atom. The summed E-state index contributed by atoms with van der Waals surface area (Å²) in [5.41, 5.74) is 2.75. The third kappa shape index (κ3) is 5.68. The van der Waals surface area contributed by atoms with E-state index in [1.54, 1.807) is 0 Å². The van der Waals surface area contributed by atoms with Crippen LogP contribution in [0.2, 0.25) is 0 Å². The SMILES string of the molecule is CNCCCCCCN1CCN(c2cccc(C)c2)CC1. The first-order chi connectivity index (χ1) is 10.3. The minimum absolute atomic E-state index is 1.16. The Bertz CT molecular complexity index is 397. The maximum atomic E-state index is 3.22. The molecule has 1 aliphatic heterocycles. The highest BCUT2D eigenvalue weighted by molar-refractivity contribution is 5.48. The summed E-state index contributed by atoms with van der Waals surface area (Å²) in [5, 5.41) is 3.22. The van der Waals surface area contributed by atoms with Crippen LogP contribution < -0.4 is 10.2 Å². The fourth-order valence-corrected chi connectivity index (χ4v) is 3.05. The molecule has 1 heterocycles. The van der Waals surface area contributed by atoms with E-state index in [0.29, 0.717) is 0 Å². The first-order valence-electron chi connectivity index (χ1n) is 8.48. The van der Waals surface area contributed by atoms with Crippen molar-refractivity contribution < 1.29 is 0 Å². The Labute approximate surface area is 130 Å². The number of benzene rings is 1. The standard InChI is InChI=1S/C18H31N3/c1-17-8-7-9-18(16-17)21-14-12-20(13-15-21)11-6-4-3-5-10-19-2/h7-9,16,19H,3-6,10-15H2,1-2H3. The molecule has 118 valence electrons. The normalized spacial score (nSPS) is 16.4. The van der Waals surface area contributed by atoms with Crippen LogP contribution in [-0.2, 0) is 0 Å². The third-order valence-corrected chi connectivity index (χ3v) is 4.39. The highest BCUT2D eigenvalue weighted by Crippen LogP contribution is 2.18. The molecule has 0 aliphatic carbocycles. The van der Waals surface area contributed by atoms with Gasteiger partial charge in [-0.05, 0) is 57.6 Å². The van der Waals surface area contributed by atoms with Gasteiger partial charge >= 0.3 is 0 Å². The first-order valence-corrected chi connectivity index (χ1v) is 8.48. The van der Waals surface area contributed by atoms with Gasteiger partial charge in [0, 0.05) is 31.9 Å². The average Bonchev–Trinajstić information content (AvgIpc) is 2.51. The van der Waals surface area contributed by atoms with E-state index in [2.05, 4.69) is 46.3 Å². The molecule has 1 aliphatic rings. The molecule has 2 rings (SSSR count). The number of nitrogens with one attached hydrogen (secondary N) is 1. The van der Waals surface area contributed by atoms with Crippen LogP contribution in [0.4, 0.5) is 5.69 Å². The van der Waals surface area contributed by atoms with Gasteiger partial charge in [0.1, 0.15) is 0 Å². The molecule has 1 aromatic rings. The fraction of sp³-hybridized carbons (Fsp3) is 0.667. The number of anilines is 1. The Balaban J connectivity index is 1.62. The second-order valence-corrected chi connectivity index (χ2v) is 6.19. The van der Waals surface area contributed by atoms with Gasteiger partial charge in [0.15, 0.2) is 0 Å². The summed E-state index contributed by atoms with van der Waals surface area (Å²) in [6.07, 6.45) is 5.41. The molecule has 3 heteroatoms. The van der Waals surface area contributed by atoms with Crippen molar-refractivity contribution in [2.75, 3.05) is 51.2 Å². The molecule has 0 radical (unpaired) electrons. The second kappa shape index (κ2) is 9.06. The number of piperazine rings is 1. The van der Waals surface area contributed by atoms with E-state index in [4.69, 9.17) is 0 Å². The Morgan fingerprint density at radius 1 is 1.00 bits per heavy atom. The molecule has 1 fully saturated rings. The zero-order chi connectivity index (χ0) is 14.9. The minimum atomic E-state index is 1.16. The van der Waals surface area contributed by atoms with E-state index >= 15 is 0 Å². The van der Waals surface area contributed by atoms with Gasteiger partial charge in [-0.2, -0.15) is 0 Å². The van der Waals surface area contributed by atoms with Gasteiger partial charge in [-0.3, -0.25) is 4.90 Å². The zero-order valence-electron chi connectivity index (χ0n) is 13.8. The van der Waals surface area contributed by atoms with Gasteiger partial charge < -0.3 is 10.2 Å². The van der Waals surface area contributed by atoms with Crippen LogP contribution in [-0.4, -0.2) is 51.2 Å². The summed E-state index contributed by atoms with van der Waals surface area (Å²) in [5.74, 6) is 0. The van der Waals surface area contributed by atoms with Crippen molar-refractivity contribution in [3.63, 3.8) is 0 Å². The van der Waals surface area contributed by atoms with Crippen molar-refractivity contribution in [1.82, 2.24) is 10.2 Å². The maximum absolute atomic E-state index is 3.22. The summed E-state index contributed by atoms with van der Waals surface area (Å²) in [6, 6.07) is 8.89. The molecule has 0 bridgehead atoms. The van der Waals surface area contributed by atoms with Crippen LogP contribution in [0, 0.1) is 6.92 Å².